The molecule has 1 radical (unpaired) electrons. The van der Waals surface area contributed by atoms with E-state index in [-0.39, 0.29) is 11.6 Å². The fourth-order valence-electron chi connectivity index (χ4n) is 0.978. The van der Waals surface area contributed by atoms with Crippen LogP contribution in [-0.4, -0.2) is 10.2 Å². The third kappa shape index (κ3) is 2.25. The van der Waals surface area contributed by atoms with Crippen LogP contribution in [0.15, 0.2) is 30.3 Å². The van der Waals surface area contributed by atoms with Crippen molar-refractivity contribution in [3.05, 3.63) is 48.2 Å². The molecule has 15 heavy (non-hydrogen) atoms. The number of nitrogens with zero attached hydrogens (tertiary/aromatic N) is 2. The lowest BCUT2D eigenvalue weighted by atomic mass is 10.3. The van der Waals surface area contributed by atoms with E-state index in [0.717, 1.165) is 12.1 Å². The SMILES string of the molecule is Fc1ccc(Oc2cc[c]nn2)c(F)c1. The number of rotatable bonds is 2. The van der Waals surface area contributed by atoms with Gasteiger partial charge in [-0.2, -0.15) is 0 Å². The van der Waals surface area contributed by atoms with E-state index in [1.165, 1.54) is 18.2 Å². The molecule has 1 aromatic heterocycles. The van der Waals surface area contributed by atoms with Crippen molar-refractivity contribution in [1.29, 1.82) is 0 Å². The maximum Gasteiger partial charge on any atom is 0.239 e. The van der Waals surface area contributed by atoms with E-state index in [0.29, 0.717) is 0 Å². The van der Waals surface area contributed by atoms with E-state index in [2.05, 4.69) is 16.4 Å². The van der Waals surface area contributed by atoms with Gasteiger partial charge in [0.15, 0.2) is 11.6 Å². The molecule has 0 aliphatic heterocycles. The van der Waals surface area contributed by atoms with Gasteiger partial charge in [-0.25, -0.2) is 8.78 Å². The van der Waals surface area contributed by atoms with Crippen molar-refractivity contribution in [2.45, 2.75) is 0 Å². The van der Waals surface area contributed by atoms with E-state index >= 15 is 0 Å². The Bertz CT molecular complexity index is 462. The highest BCUT2D eigenvalue weighted by molar-refractivity contribution is 5.28. The summed E-state index contributed by atoms with van der Waals surface area (Å²) < 4.78 is 30.7. The molecule has 0 atom stereocenters. The fourth-order valence-corrected chi connectivity index (χ4v) is 0.978. The van der Waals surface area contributed by atoms with Crippen molar-refractivity contribution < 1.29 is 13.5 Å². The van der Waals surface area contributed by atoms with Gasteiger partial charge in [0, 0.05) is 12.1 Å². The Hall–Kier alpha value is -2.04. The number of benzene rings is 1. The van der Waals surface area contributed by atoms with Gasteiger partial charge in [0.1, 0.15) is 12.0 Å². The first-order valence-corrected chi connectivity index (χ1v) is 4.08. The molecule has 1 heterocycles. The molecule has 0 bridgehead atoms. The quantitative estimate of drug-likeness (QED) is 0.758. The maximum atomic E-state index is 13.1. The van der Waals surface area contributed by atoms with Gasteiger partial charge in [0.05, 0.1) is 0 Å². The minimum atomic E-state index is -0.787. The molecule has 0 saturated carbocycles. The number of ether oxygens (including phenoxy) is 1. The summed E-state index contributed by atoms with van der Waals surface area (Å²) in [5, 5.41) is 6.98. The smallest absolute Gasteiger partial charge is 0.239 e. The third-order valence-electron chi connectivity index (χ3n) is 1.62. The molecular weight excluding hydrogens is 202 g/mol. The van der Waals surface area contributed by atoms with Crippen LogP contribution >= 0.6 is 0 Å². The number of halogens is 2. The normalized spacial score (nSPS) is 10.0. The molecule has 2 aromatic rings. The Morgan fingerprint density at radius 2 is 2.07 bits per heavy atom. The zero-order valence-corrected chi connectivity index (χ0v) is 7.45. The summed E-state index contributed by atoms with van der Waals surface area (Å²) in [4.78, 5) is 0. The van der Waals surface area contributed by atoms with Gasteiger partial charge in [-0.1, -0.05) is 0 Å². The van der Waals surface area contributed by atoms with Crippen LogP contribution < -0.4 is 4.74 Å². The fraction of sp³-hybridized carbons (Fsp3) is 0. The zero-order chi connectivity index (χ0) is 10.7. The van der Waals surface area contributed by atoms with Crippen LogP contribution in [0.4, 0.5) is 8.78 Å². The van der Waals surface area contributed by atoms with E-state index in [4.69, 9.17) is 4.74 Å². The minimum absolute atomic E-state index is 0.100. The number of hydrogen-bond acceptors (Lipinski definition) is 3. The van der Waals surface area contributed by atoms with Gasteiger partial charge < -0.3 is 4.74 Å². The first-order chi connectivity index (χ1) is 7.25. The molecule has 1 aromatic carbocycles. The molecule has 0 aliphatic rings. The summed E-state index contributed by atoms with van der Waals surface area (Å²) in [6.45, 7) is 0. The second-order valence-corrected chi connectivity index (χ2v) is 2.68. The summed E-state index contributed by atoms with van der Waals surface area (Å²) >= 11 is 0. The zero-order valence-electron chi connectivity index (χ0n) is 7.45. The maximum absolute atomic E-state index is 13.1. The Labute approximate surface area is 84.3 Å². The van der Waals surface area contributed by atoms with Crippen LogP contribution in [0.3, 0.4) is 0 Å². The van der Waals surface area contributed by atoms with Gasteiger partial charge in [0.2, 0.25) is 5.88 Å². The molecule has 3 nitrogen and oxygen atoms in total. The third-order valence-corrected chi connectivity index (χ3v) is 1.62. The summed E-state index contributed by atoms with van der Waals surface area (Å²) in [6.07, 6.45) is 2.45. The second kappa shape index (κ2) is 4.00. The molecule has 0 fully saturated rings. The molecule has 0 N–H and O–H groups in total. The highest BCUT2D eigenvalue weighted by atomic mass is 19.1. The second-order valence-electron chi connectivity index (χ2n) is 2.68. The summed E-state index contributed by atoms with van der Waals surface area (Å²) in [5.74, 6) is -1.42. The first-order valence-electron chi connectivity index (χ1n) is 4.08. The Balaban J connectivity index is 2.25. The van der Waals surface area contributed by atoms with E-state index in [1.54, 1.807) is 0 Å². The Morgan fingerprint density at radius 1 is 1.20 bits per heavy atom. The average molecular weight is 207 g/mol. The Kier molecular flexibility index (Phi) is 2.53. The average Bonchev–Trinajstić information content (AvgIpc) is 2.24. The van der Waals surface area contributed by atoms with Crippen LogP contribution in [0.1, 0.15) is 0 Å². The monoisotopic (exact) mass is 207 g/mol. The van der Waals surface area contributed by atoms with Gasteiger partial charge in [0.25, 0.3) is 0 Å². The minimum Gasteiger partial charge on any atom is -0.434 e. The lowest BCUT2D eigenvalue weighted by Crippen LogP contribution is -1.92. The molecule has 75 valence electrons. The lowest BCUT2D eigenvalue weighted by molar-refractivity contribution is 0.418. The van der Waals surface area contributed by atoms with E-state index in [1.807, 2.05) is 0 Å². The number of aromatic nitrogens is 2. The molecule has 2 rings (SSSR count). The molecule has 0 amide bonds. The summed E-state index contributed by atoms with van der Waals surface area (Å²) in [5.41, 5.74) is 0. The lowest BCUT2D eigenvalue weighted by Gasteiger charge is -2.03. The van der Waals surface area contributed by atoms with Crippen LogP contribution in [0, 0.1) is 17.8 Å². The van der Waals surface area contributed by atoms with Gasteiger partial charge in [-0.3, -0.25) is 0 Å². The molecule has 0 spiro atoms. The van der Waals surface area contributed by atoms with Crippen LogP contribution in [0.2, 0.25) is 0 Å². The molecule has 0 unspecified atom stereocenters. The molecular formula is C10H5F2N2O. The highest BCUT2D eigenvalue weighted by Crippen LogP contribution is 2.22. The predicted molar refractivity (Wildman–Crippen MR) is 47.3 cm³/mol. The van der Waals surface area contributed by atoms with Crippen molar-refractivity contribution in [2.75, 3.05) is 0 Å². The Morgan fingerprint density at radius 3 is 2.73 bits per heavy atom. The van der Waals surface area contributed by atoms with Crippen LogP contribution in [-0.2, 0) is 0 Å². The van der Waals surface area contributed by atoms with Crippen molar-refractivity contribution in [3.63, 3.8) is 0 Å². The standard InChI is InChI=1S/C10H5F2N2O/c11-7-3-4-9(8(12)6-7)15-10-2-1-5-13-14-10/h1-4,6H. The van der Waals surface area contributed by atoms with Gasteiger partial charge in [-0.05, 0) is 18.2 Å². The first kappa shape index (κ1) is 9.51. The van der Waals surface area contributed by atoms with E-state index < -0.39 is 11.6 Å². The molecule has 0 saturated heterocycles. The molecule has 0 aliphatic carbocycles. The van der Waals surface area contributed by atoms with Crippen molar-refractivity contribution >= 4 is 0 Å². The van der Waals surface area contributed by atoms with Gasteiger partial charge in [-0.15, -0.1) is 10.2 Å². The summed E-state index contributed by atoms with van der Waals surface area (Å²) in [7, 11) is 0. The number of hydrogen-bond donors (Lipinski definition) is 0. The van der Waals surface area contributed by atoms with Gasteiger partial charge >= 0.3 is 0 Å². The topological polar surface area (TPSA) is 35.0 Å². The van der Waals surface area contributed by atoms with Crippen molar-refractivity contribution in [3.8, 4) is 11.6 Å². The highest BCUT2D eigenvalue weighted by Gasteiger charge is 2.06. The predicted octanol–water partition coefficient (Wildman–Crippen LogP) is 2.35. The largest absolute Gasteiger partial charge is 0.434 e. The van der Waals surface area contributed by atoms with Crippen molar-refractivity contribution in [2.24, 2.45) is 0 Å². The van der Waals surface area contributed by atoms with E-state index in [9.17, 15) is 8.78 Å². The summed E-state index contributed by atoms with van der Waals surface area (Å²) in [6, 6.07) is 5.96. The van der Waals surface area contributed by atoms with Crippen LogP contribution in [0.5, 0.6) is 11.6 Å². The van der Waals surface area contributed by atoms with Crippen LogP contribution in [0.25, 0.3) is 0 Å². The molecule has 5 heteroatoms. The van der Waals surface area contributed by atoms with Crippen molar-refractivity contribution in [1.82, 2.24) is 10.2 Å².